The van der Waals surface area contributed by atoms with Crippen molar-refractivity contribution in [2.24, 2.45) is 5.92 Å². The summed E-state index contributed by atoms with van der Waals surface area (Å²) in [6.07, 6.45) is 3.49. The van der Waals surface area contributed by atoms with Crippen molar-refractivity contribution < 1.29 is 22.2 Å². The lowest BCUT2D eigenvalue weighted by Crippen LogP contribution is -2.36. The van der Waals surface area contributed by atoms with E-state index >= 15 is 0 Å². The van der Waals surface area contributed by atoms with Gasteiger partial charge in [0.1, 0.15) is 0 Å². The van der Waals surface area contributed by atoms with Gasteiger partial charge in [-0.15, -0.1) is 0 Å². The number of carbonyl (C=O) groups excluding carboxylic acids is 1. The van der Waals surface area contributed by atoms with Gasteiger partial charge in [0, 0.05) is 58.6 Å². The zero-order chi connectivity index (χ0) is 24.0. The van der Waals surface area contributed by atoms with Crippen LogP contribution in [0.2, 0.25) is 5.02 Å². The second-order valence-corrected chi connectivity index (χ2v) is 10.6. The van der Waals surface area contributed by atoms with E-state index in [0.29, 0.717) is 24.1 Å². The minimum atomic E-state index is -3.67. The van der Waals surface area contributed by atoms with Crippen LogP contribution in [0, 0.1) is 5.92 Å². The van der Waals surface area contributed by atoms with Crippen molar-refractivity contribution >= 4 is 34.0 Å². The van der Waals surface area contributed by atoms with Gasteiger partial charge in [-0.25, -0.2) is 0 Å². The second kappa shape index (κ2) is 11.9. The first-order valence-corrected chi connectivity index (χ1v) is 12.7. The molecule has 0 radical (unpaired) electrons. The first-order chi connectivity index (χ1) is 15.7. The van der Waals surface area contributed by atoms with E-state index in [1.165, 1.54) is 11.1 Å². The predicted octanol–water partition coefficient (Wildman–Crippen LogP) is 5.21. The summed E-state index contributed by atoms with van der Waals surface area (Å²) >= 11 is 6.11. The number of halogens is 4. The number of fused-ring (bicyclic) bond motifs is 1. The fourth-order valence-electron chi connectivity index (χ4n) is 4.34. The molecule has 4 nitrogen and oxygen atoms in total. The Morgan fingerprint density at radius 1 is 1.09 bits per heavy atom. The van der Waals surface area contributed by atoms with Gasteiger partial charge in [-0.2, -0.15) is 13.2 Å². The number of amides is 1. The van der Waals surface area contributed by atoms with Gasteiger partial charge in [-0.05, 0) is 66.6 Å². The van der Waals surface area contributed by atoms with Gasteiger partial charge in [0.05, 0.1) is 0 Å². The number of rotatable bonds is 5. The van der Waals surface area contributed by atoms with Crippen LogP contribution in [0.15, 0.2) is 42.5 Å². The molecule has 9 heteroatoms. The maximum absolute atomic E-state index is 12.6. The lowest BCUT2D eigenvalue weighted by atomic mass is 10.0. The molecular weight excluding hydrogens is 473 g/mol. The molecule has 2 aromatic carbocycles. The second-order valence-electron chi connectivity index (χ2n) is 8.42. The third kappa shape index (κ3) is 7.74. The van der Waals surface area contributed by atoms with Crippen molar-refractivity contribution in [3.63, 3.8) is 0 Å². The Bertz CT molecular complexity index is 962. The van der Waals surface area contributed by atoms with Crippen molar-refractivity contribution in [1.29, 1.82) is 0 Å². The average molecular weight is 501 g/mol. The highest BCUT2D eigenvalue weighted by atomic mass is 35.5. The molecule has 0 saturated carbocycles. The van der Waals surface area contributed by atoms with E-state index < -0.39 is 17.5 Å². The van der Waals surface area contributed by atoms with E-state index in [9.17, 15) is 22.2 Å². The molecule has 1 amide bonds. The van der Waals surface area contributed by atoms with E-state index in [4.69, 9.17) is 11.6 Å². The third-order valence-corrected chi connectivity index (χ3v) is 7.58. The van der Waals surface area contributed by atoms with Gasteiger partial charge in [0.2, 0.25) is 5.91 Å². The van der Waals surface area contributed by atoms with Crippen LogP contribution in [0.4, 0.5) is 18.9 Å². The fraction of sp³-hybridized carbons (Fsp3) is 0.458. The van der Waals surface area contributed by atoms with E-state index in [2.05, 4.69) is 41.7 Å². The molecule has 1 fully saturated rings. The maximum atomic E-state index is 12.6. The van der Waals surface area contributed by atoms with E-state index in [1.807, 2.05) is 13.1 Å². The maximum Gasteiger partial charge on any atom is 0.379 e. The normalized spacial score (nSPS) is 21.7. The van der Waals surface area contributed by atoms with Crippen LogP contribution in [0.1, 0.15) is 29.5 Å². The van der Waals surface area contributed by atoms with Crippen molar-refractivity contribution in [2.45, 2.75) is 44.9 Å². The Hall–Kier alpha value is -2.06. The first kappa shape index (κ1) is 25.6. The molecule has 1 heterocycles. The van der Waals surface area contributed by atoms with Crippen LogP contribution in [0.3, 0.4) is 0 Å². The number of nitrogens with one attached hydrogen (secondary N) is 1. The van der Waals surface area contributed by atoms with E-state index in [0.717, 1.165) is 42.0 Å². The predicted molar refractivity (Wildman–Crippen MR) is 127 cm³/mol. The zero-order valence-corrected chi connectivity index (χ0v) is 20.0. The van der Waals surface area contributed by atoms with Crippen LogP contribution >= 0.6 is 11.6 Å². The SMILES string of the molecule is CN(Cc1ccc(NC2Cc3ccc(Cl)cc3C2)cc1)C(=O)C1CCS(=O)CC1.FC(F)F. The highest BCUT2D eigenvalue weighted by molar-refractivity contribution is 7.85. The molecule has 1 atom stereocenters. The molecule has 2 aliphatic rings. The Balaban J connectivity index is 0.000000709. The highest BCUT2D eigenvalue weighted by Crippen LogP contribution is 2.27. The summed E-state index contributed by atoms with van der Waals surface area (Å²) < 4.78 is 40.5. The standard InChI is InChI=1S/C23H27ClN2O2S.CHF3/c1-26(23(27)17-8-10-29(28)11-9-17)15-16-2-6-21(7-3-16)25-22-13-18-4-5-20(24)12-19(18)14-22;2-1(3)4/h2-7,12,17,22,25H,8-11,13-15H2,1H3;1H. The molecule has 180 valence electrons. The fourth-order valence-corrected chi connectivity index (χ4v) is 5.83. The summed E-state index contributed by atoms with van der Waals surface area (Å²) in [5.74, 6) is 1.51. The van der Waals surface area contributed by atoms with Crippen molar-refractivity contribution in [3.05, 3.63) is 64.2 Å². The smallest absolute Gasteiger partial charge is 0.379 e. The van der Waals surface area contributed by atoms with E-state index in [-0.39, 0.29) is 11.8 Å². The molecule has 0 spiro atoms. The summed E-state index contributed by atoms with van der Waals surface area (Å²) in [6.45, 7) is -3.06. The molecule has 1 saturated heterocycles. The van der Waals surface area contributed by atoms with Crippen LogP contribution in [0.25, 0.3) is 0 Å². The van der Waals surface area contributed by atoms with Gasteiger partial charge in [0.15, 0.2) is 0 Å². The molecule has 1 N–H and O–H groups in total. The topological polar surface area (TPSA) is 49.4 Å². The number of anilines is 1. The summed E-state index contributed by atoms with van der Waals surface area (Å²) in [5, 5.41) is 4.41. The minimum Gasteiger partial charge on any atom is -0.382 e. The van der Waals surface area contributed by atoms with Gasteiger partial charge < -0.3 is 10.2 Å². The molecule has 1 aliphatic heterocycles. The summed E-state index contributed by atoms with van der Waals surface area (Å²) in [7, 11) is 1.13. The number of alkyl halides is 3. The summed E-state index contributed by atoms with van der Waals surface area (Å²) in [4.78, 5) is 14.4. The van der Waals surface area contributed by atoms with Gasteiger partial charge in [-0.3, -0.25) is 9.00 Å². The molecule has 1 unspecified atom stereocenters. The molecule has 0 bridgehead atoms. The Kier molecular flexibility index (Phi) is 9.20. The lowest BCUT2D eigenvalue weighted by Gasteiger charge is -2.26. The van der Waals surface area contributed by atoms with Gasteiger partial charge in [-0.1, -0.05) is 29.8 Å². The third-order valence-electron chi connectivity index (χ3n) is 5.96. The quantitative estimate of drug-likeness (QED) is 0.612. The number of carbonyl (C=O) groups is 1. The Morgan fingerprint density at radius 2 is 1.70 bits per heavy atom. The molecule has 1 aliphatic carbocycles. The first-order valence-electron chi connectivity index (χ1n) is 10.9. The molecule has 0 aromatic heterocycles. The Morgan fingerprint density at radius 3 is 2.33 bits per heavy atom. The van der Waals surface area contributed by atoms with Crippen LogP contribution in [0.5, 0.6) is 0 Å². The number of hydrogen-bond donors (Lipinski definition) is 1. The monoisotopic (exact) mass is 500 g/mol. The molecule has 33 heavy (non-hydrogen) atoms. The minimum absolute atomic E-state index is 0.0242. The van der Waals surface area contributed by atoms with Crippen molar-refractivity contribution in [3.8, 4) is 0 Å². The Labute approximate surface area is 200 Å². The van der Waals surface area contributed by atoms with Gasteiger partial charge >= 0.3 is 6.68 Å². The zero-order valence-electron chi connectivity index (χ0n) is 18.4. The average Bonchev–Trinajstić information content (AvgIpc) is 3.16. The van der Waals surface area contributed by atoms with Crippen molar-refractivity contribution in [1.82, 2.24) is 4.90 Å². The van der Waals surface area contributed by atoms with Crippen LogP contribution in [-0.2, 0) is 35.0 Å². The largest absolute Gasteiger partial charge is 0.382 e. The number of nitrogens with zero attached hydrogens (tertiary/aromatic N) is 1. The summed E-state index contributed by atoms with van der Waals surface area (Å²) in [5.41, 5.74) is 4.92. The lowest BCUT2D eigenvalue weighted by molar-refractivity contribution is -0.135. The van der Waals surface area contributed by atoms with Crippen LogP contribution in [-0.4, -0.2) is 46.3 Å². The summed E-state index contributed by atoms with van der Waals surface area (Å²) in [6, 6.07) is 14.9. The highest BCUT2D eigenvalue weighted by Gasteiger charge is 2.26. The number of hydrogen-bond acceptors (Lipinski definition) is 3. The molecule has 2 aromatic rings. The van der Waals surface area contributed by atoms with Crippen molar-refractivity contribution in [2.75, 3.05) is 23.9 Å². The van der Waals surface area contributed by atoms with Crippen LogP contribution < -0.4 is 5.32 Å². The van der Waals surface area contributed by atoms with Gasteiger partial charge in [0.25, 0.3) is 0 Å². The number of benzene rings is 2. The molecule has 4 rings (SSSR count). The van der Waals surface area contributed by atoms with E-state index in [1.54, 1.807) is 4.90 Å². The molecular formula is C24H28ClF3N2O2S.